The Labute approximate surface area is 123 Å². The number of cyclic esters (lactones) is 1. The quantitative estimate of drug-likeness (QED) is 0.595. The molecule has 0 bridgehead atoms. The summed E-state index contributed by atoms with van der Waals surface area (Å²) in [6.07, 6.45) is 0. The summed E-state index contributed by atoms with van der Waals surface area (Å²) in [5, 5.41) is 0. The zero-order chi connectivity index (χ0) is 15.2. The van der Waals surface area contributed by atoms with Gasteiger partial charge in [0.15, 0.2) is 0 Å². The van der Waals surface area contributed by atoms with Crippen LogP contribution in [-0.4, -0.2) is 11.9 Å². The van der Waals surface area contributed by atoms with Crippen LogP contribution in [-0.2, 0) is 16.1 Å². The van der Waals surface area contributed by atoms with E-state index in [0.29, 0.717) is 17.9 Å². The molecule has 0 aliphatic carbocycles. The van der Waals surface area contributed by atoms with Crippen molar-refractivity contribution in [2.75, 3.05) is 0 Å². The Morgan fingerprint density at radius 2 is 1.76 bits per heavy atom. The first kappa shape index (κ1) is 14.8. The predicted octanol–water partition coefficient (Wildman–Crippen LogP) is 3.28. The molecule has 0 spiro atoms. The van der Waals surface area contributed by atoms with Crippen molar-refractivity contribution in [3.05, 3.63) is 65.2 Å². The Hall–Kier alpha value is -2.62. The summed E-state index contributed by atoms with van der Waals surface area (Å²) < 4.78 is 9.69. The van der Waals surface area contributed by atoms with Gasteiger partial charge in [-0.25, -0.2) is 4.79 Å². The standard InChI is InChI=1S/C9H10O2.C8H6O2/c1-7-5-3-4-6-9(7)11-8(2)10;9-8-7-4-2-1-3-6(7)5-10-8/h3-6H,1-2H3;1-4H,5H2. The van der Waals surface area contributed by atoms with E-state index in [1.54, 1.807) is 12.1 Å². The van der Waals surface area contributed by atoms with Gasteiger partial charge in [-0.1, -0.05) is 36.4 Å². The van der Waals surface area contributed by atoms with Gasteiger partial charge in [-0.05, 0) is 24.6 Å². The first-order valence-corrected chi connectivity index (χ1v) is 6.57. The minimum atomic E-state index is -0.278. The number of para-hydroxylation sites is 1. The summed E-state index contributed by atoms with van der Waals surface area (Å²) in [5.74, 6) is 0.162. The SMILES string of the molecule is CC(=O)Oc1ccccc1C.O=C1OCc2ccccc21. The normalized spacial score (nSPS) is 11.8. The first-order valence-electron chi connectivity index (χ1n) is 6.57. The highest BCUT2D eigenvalue weighted by molar-refractivity contribution is 5.93. The van der Waals surface area contributed by atoms with Crippen LogP contribution in [0, 0.1) is 6.92 Å². The zero-order valence-corrected chi connectivity index (χ0v) is 12.0. The van der Waals surface area contributed by atoms with Crippen LogP contribution in [0.3, 0.4) is 0 Å². The Morgan fingerprint density at radius 1 is 1.10 bits per heavy atom. The van der Waals surface area contributed by atoms with E-state index in [2.05, 4.69) is 0 Å². The molecule has 2 aromatic rings. The molecule has 21 heavy (non-hydrogen) atoms. The summed E-state index contributed by atoms with van der Waals surface area (Å²) in [6, 6.07) is 14.8. The molecule has 0 aromatic heterocycles. The van der Waals surface area contributed by atoms with Gasteiger partial charge in [0.25, 0.3) is 0 Å². The van der Waals surface area contributed by atoms with Gasteiger partial charge in [0, 0.05) is 12.5 Å². The minimum absolute atomic E-state index is 0.199. The van der Waals surface area contributed by atoms with E-state index in [1.807, 2.05) is 43.3 Å². The van der Waals surface area contributed by atoms with Crippen molar-refractivity contribution < 1.29 is 19.1 Å². The maximum absolute atomic E-state index is 10.8. The summed E-state index contributed by atoms with van der Waals surface area (Å²) in [5.41, 5.74) is 2.68. The fourth-order valence-corrected chi connectivity index (χ4v) is 1.89. The molecule has 0 amide bonds. The molecule has 2 aromatic carbocycles. The van der Waals surface area contributed by atoms with Crippen LogP contribution in [0.4, 0.5) is 0 Å². The molecular formula is C17H16O4. The van der Waals surface area contributed by atoms with Crippen molar-refractivity contribution in [3.63, 3.8) is 0 Å². The Kier molecular flexibility index (Phi) is 4.72. The van der Waals surface area contributed by atoms with Crippen LogP contribution in [0.5, 0.6) is 5.75 Å². The number of esters is 2. The fraction of sp³-hybridized carbons (Fsp3) is 0.176. The Balaban J connectivity index is 0.000000154. The highest BCUT2D eigenvalue weighted by atomic mass is 16.5. The molecule has 1 heterocycles. The number of ether oxygens (including phenoxy) is 2. The van der Waals surface area contributed by atoms with Crippen molar-refractivity contribution in [2.45, 2.75) is 20.5 Å². The minimum Gasteiger partial charge on any atom is -0.457 e. The third kappa shape index (κ3) is 3.92. The van der Waals surface area contributed by atoms with E-state index in [9.17, 15) is 9.59 Å². The van der Waals surface area contributed by atoms with Crippen LogP contribution < -0.4 is 4.74 Å². The van der Waals surface area contributed by atoms with Gasteiger partial charge in [-0.3, -0.25) is 4.79 Å². The van der Waals surface area contributed by atoms with E-state index < -0.39 is 0 Å². The number of benzene rings is 2. The predicted molar refractivity (Wildman–Crippen MR) is 78.0 cm³/mol. The van der Waals surface area contributed by atoms with Crippen LogP contribution in [0.15, 0.2) is 48.5 Å². The average molecular weight is 284 g/mol. The van der Waals surface area contributed by atoms with Gasteiger partial charge in [-0.2, -0.15) is 0 Å². The van der Waals surface area contributed by atoms with Gasteiger partial charge in [-0.15, -0.1) is 0 Å². The van der Waals surface area contributed by atoms with Crippen LogP contribution in [0.25, 0.3) is 0 Å². The van der Waals surface area contributed by atoms with Crippen molar-refractivity contribution in [2.24, 2.45) is 0 Å². The van der Waals surface area contributed by atoms with Gasteiger partial charge >= 0.3 is 11.9 Å². The molecular weight excluding hydrogens is 268 g/mol. The lowest BCUT2D eigenvalue weighted by Gasteiger charge is -2.02. The third-order valence-corrected chi connectivity index (χ3v) is 2.94. The zero-order valence-electron chi connectivity index (χ0n) is 12.0. The second-order valence-corrected chi connectivity index (χ2v) is 4.59. The molecule has 0 N–H and O–H groups in total. The molecule has 4 heteroatoms. The first-order chi connectivity index (χ1) is 10.1. The topological polar surface area (TPSA) is 52.6 Å². The Bertz CT molecular complexity index is 661. The second kappa shape index (κ2) is 6.70. The Morgan fingerprint density at radius 3 is 2.43 bits per heavy atom. The summed E-state index contributed by atoms with van der Waals surface area (Å²) >= 11 is 0. The van der Waals surface area contributed by atoms with E-state index >= 15 is 0 Å². The average Bonchev–Trinajstić information content (AvgIpc) is 2.84. The highest BCUT2D eigenvalue weighted by Gasteiger charge is 2.18. The number of carbonyl (C=O) groups excluding carboxylic acids is 2. The lowest BCUT2D eigenvalue weighted by Crippen LogP contribution is -2.02. The number of carbonyl (C=O) groups is 2. The van der Waals surface area contributed by atoms with E-state index in [4.69, 9.17) is 9.47 Å². The molecule has 0 saturated carbocycles. The molecule has 4 nitrogen and oxygen atoms in total. The molecule has 0 atom stereocenters. The van der Waals surface area contributed by atoms with Gasteiger partial charge < -0.3 is 9.47 Å². The summed E-state index contributed by atoms with van der Waals surface area (Å²) in [7, 11) is 0. The number of fused-ring (bicyclic) bond motifs is 1. The molecule has 3 rings (SSSR count). The number of aryl methyl sites for hydroxylation is 1. The number of hydrogen-bond acceptors (Lipinski definition) is 4. The fourth-order valence-electron chi connectivity index (χ4n) is 1.89. The molecule has 1 aliphatic heterocycles. The largest absolute Gasteiger partial charge is 0.457 e. The highest BCUT2D eigenvalue weighted by Crippen LogP contribution is 2.18. The molecule has 0 saturated heterocycles. The van der Waals surface area contributed by atoms with Crippen LogP contribution >= 0.6 is 0 Å². The van der Waals surface area contributed by atoms with E-state index in [-0.39, 0.29) is 11.9 Å². The van der Waals surface area contributed by atoms with E-state index in [0.717, 1.165) is 11.1 Å². The lowest BCUT2D eigenvalue weighted by atomic mass is 10.1. The van der Waals surface area contributed by atoms with Crippen LogP contribution in [0.2, 0.25) is 0 Å². The number of hydrogen-bond donors (Lipinski definition) is 0. The summed E-state index contributed by atoms with van der Waals surface area (Å²) in [6.45, 7) is 3.74. The molecule has 0 fully saturated rings. The molecule has 0 radical (unpaired) electrons. The van der Waals surface area contributed by atoms with Crippen LogP contribution in [0.1, 0.15) is 28.4 Å². The van der Waals surface area contributed by atoms with Crippen molar-refractivity contribution in [3.8, 4) is 5.75 Å². The molecule has 108 valence electrons. The van der Waals surface area contributed by atoms with Gasteiger partial charge in [0.05, 0.1) is 5.56 Å². The van der Waals surface area contributed by atoms with E-state index in [1.165, 1.54) is 6.92 Å². The van der Waals surface area contributed by atoms with Crippen molar-refractivity contribution >= 4 is 11.9 Å². The summed E-state index contributed by atoms with van der Waals surface area (Å²) in [4.78, 5) is 21.4. The van der Waals surface area contributed by atoms with Crippen molar-refractivity contribution in [1.82, 2.24) is 0 Å². The molecule has 0 unspecified atom stereocenters. The maximum Gasteiger partial charge on any atom is 0.338 e. The number of rotatable bonds is 1. The third-order valence-electron chi connectivity index (χ3n) is 2.94. The maximum atomic E-state index is 10.8. The van der Waals surface area contributed by atoms with Gasteiger partial charge in [0.1, 0.15) is 12.4 Å². The lowest BCUT2D eigenvalue weighted by molar-refractivity contribution is -0.131. The molecule has 1 aliphatic rings. The van der Waals surface area contributed by atoms with Crippen molar-refractivity contribution in [1.29, 1.82) is 0 Å². The van der Waals surface area contributed by atoms with Gasteiger partial charge in [0.2, 0.25) is 0 Å². The smallest absolute Gasteiger partial charge is 0.338 e. The second-order valence-electron chi connectivity index (χ2n) is 4.59. The monoisotopic (exact) mass is 284 g/mol.